The Morgan fingerprint density at radius 2 is 2.24 bits per heavy atom. The third-order valence-electron chi connectivity index (χ3n) is 4.16. The standard InChI is InChI=1S/C17H18N6O2/c1-12-9-19-16(21-12)14-11-25-8-7-22(14)17(24)13-3-4-15(18-10-13)23-6-2-5-20-23/h2-6,9-10,14H,7-8,11H2,1H3,(H,19,21)/t14-/m0/s1. The second-order valence-electron chi connectivity index (χ2n) is 5.90. The van der Waals surface area contributed by atoms with Gasteiger partial charge in [-0.25, -0.2) is 14.6 Å². The van der Waals surface area contributed by atoms with E-state index in [1.54, 1.807) is 46.5 Å². The molecule has 4 rings (SSSR count). The van der Waals surface area contributed by atoms with E-state index < -0.39 is 0 Å². The van der Waals surface area contributed by atoms with Crippen LogP contribution in [0.5, 0.6) is 0 Å². The van der Waals surface area contributed by atoms with E-state index in [4.69, 9.17) is 4.74 Å². The number of imidazole rings is 1. The van der Waals surface area contributed by atoms with Crippen LogP contribution in [0.1, 0.15) is 27.9 Å². The van der Waals surface area contributed by atoms with E-state index in [1.807, 2.05) is 13.0 Å². The Bertz CT molecular complexity index is 856. The zero-order chi connectivity index (χ0) is 17.2. The molecule has 8 heteroatoms. The lowest BCUT2D eigenvalue weighted by Gasteiger charge is -2.34. The fourth-order valence-corrected chi connectivity index (χ4v) is 2.89. The van der Waals surface area contributed by atoms with Gasteiger partial charge in [-0.15, -0.1) is 0 Å². The number of nitrogens with one attached hydrogen (secondary N) is 1. The molecular formula is C17H18N6O2. The van der Waals surface area contributed by atoms with Gasteiger partial charge in [0.05, 0.1) is 18.8 Å². The van der Waals surface area contributed by atoms with Gasteiger partial charge in [-0.05, 0) is 25.1 Å². The summed E-state index contributed by atoms with van der Waals surface area (Å²) in [4.78, 5) is 26.6. The molecule has 3 aromatic rings. The maximum Gasteiger partial charge on any atom is 0.256 e. The number of hydrogen-bond donors (Lipinski definition) is 1. The van der Waals surface area contributed by atoms with Crippen molar-refractivity contribution in [1.82, 2.24) is 29.6 Å². The molecule has 1 N–H and O–H groups in total. The number of H-pyrrole nitrogens is 1. The maximum absolute atomic E-state index is 13.0. The van der Waals surface area contributed by atoms with Crippen molar-refractivity contribution in [3.63, 3.8) is 0 Å². The molecule has 0 saturated carbocycles. The summed E-state index contributed by atoms with van der Waals surface area (Å²) in [6.07, 6.45) is 6.83. The van der Waals surface area contributed by atoms with Gasteiger partial charge in [0.2, 0.25) is 0 Å². The molecule has 0 unspecified atom stereocenters. The first-order chi connectivity index (χ1) is 12.2. The average molecular weight is 338 g/mol. The first-order valence-electron chi connectivity index (χ1n) is 8.08. The van der Waals surface area contributed by atoms with Gasteiger partial charge in [0.15, 0.2) is 5.82 Å². The van der Waals surface area contributed by atoms with Gasteiger partial charge in [-0.1, -0.05) is 0 Å². The Balaban J connectivity index is 1.58. The number of rotatable bonds is 3. The van der Waals surface area contributed by atoms with Gasteiger partial charge in [-0.2, -0.15) is 5.10 Å². The van der Waals surface area contributed by atoms with E-state index in [9.17, 15) is 4.79 Å². The monoisotopic (exact) mass is 338 g/mol. The van der Waals surface area contributed by atoms with Crippen LogP contribution in [0.25, 0.3) is 5.82 Å². The molecular weight excluding hydrogens is 320 g/mol. The van der Waals surface area contributed by atoms with Crippen molar-refractivity contribution >= 4 is 5.91 Å². The molecule has 25 heavy (non-hydrogen) atoms. The molecule has 0 aromatic carbocycles. The van der Waals surface area contributed by atoms with E-state index in [1.165, 1.54) is 0 Å². The number of carbonyl (C=O) groups is 1. The molecule has 0 radical (unpaired) electrons. The third-order valence-corrected chi connectivity index (χ3v) is 4.16. The van der Waals surface area contributed by atoms with Crippen molar-refractivity contribution in [3.8, 4) is 5.82 Å². The van der Waals surface area contributed by atoms with Crippen molar-refractivity contribution in [2.45, 2.75) is 13.0 Å². The normalized spacial score (nSPS) is 17.6. The van der Waals surface area contributed by atoms with E-state index in [-0.39, 0.29) is 11.9 Å². The summed E-state index contributed by atoms with van der Waals surface area (Å²) in [5.74, 6) is 1.33. The average Bonchev–Trinajstić information content (AvgIpc) is 3.33. The summed E-state index contributed by atoms with van der Waals surface area (Å²) < 4.78 is 7.20. The molecule has 0 spiro atoms. The zero-order valence-electron chi connectivity index (χ0n) is 13.8. The van der Waals surface area contributed by atoms with Crippen molar-refractivity contribution < 1.29 is 9.53 Å². The van der Waals surface area contributed by atoms with Crippen LogP contribution in [0.4, 0.5) is 0 Å². The van der Waals surface area contributed by atoms with Crippen LogP contribution < -0.4 is 0 Å². The van der Waals surface area contributed by atoms with Gasteiger partial charge in [0.25, 0.3) is 5.91 Å². The number of aryl methyl sites for hydroxylation is 1. The van der Waals surface area contributed by atoms with Crippen LogP contribution in [0.15, 0.2) is 43.0 Å². The predicted molar refractivity (Wildman–Crippen MR) is 89.3 cm³/mol. The summed E-state index contributed by atoms with van der Waals surface area (Å²) in [6.45, 7) is 3.40. The van der Waals surface area contributed by atoms with Crippen LogP contribution in [0.3, 0.4) is 0 Å². The van der Waals surface area contributed by atoms with E-state index in [2.05, 4.69) is 20.1 Å². The summed E-state index contributed by atoms with van der Waals surface area (Å²) >= 11 is 0. The summed E-state index contributed by atoms with van der Waals surface area (Å²) in [7, 11) is 0. The van der Waals surface area contributed by atoms with E-state index >= 15 is 0 Å². The van der Waals surface area contributed by atoms with Gasteiger partial charge >= 0.3 is 0 Å². The number of carbonyl (C=O) groups excluding carboxylic acids is 1. The minimum absolute atomic E-state index is 0.0816. The van der Waals surface area contributed by atoms with E-state index in [0.29, 0.717) is 31.1 Å². The van der Waals surface area contributed by atoms with Crippen LogP contribution in [-0.2, 0) is 4.74 Å². The highest BCUT2D eigenvalue weighted by molar-refractivity contribution is 5.94. The van der Waals surface area contributed by atoms with Gasteiger partial charge in [-0.3, -0.25) is 4.79 Å². The smallest absolute Gasteiger partial charge is 0.256 e. The molecule has 1 aliphatic heterocycles. The van der Waals surface area contributed by atoms with Crippen LogP contribution in [0.2, 0.25) is 0 Å². The highest BCUT2D eigenvalue weighted by Crippen LogP contribution is 2.24. The minimum Gasteiger partial charge on any atom is -0.377 e. The first-order valence-corrected chi connectivity index (χ1v) is 8.08. The molecule has 1 saturated heterocycles. The quantitative estimate of drug-likeness (QED) is 0.782. The van der Waals surface area contributed by atoms with Gasteiger partial charge in [0.1, 0.15) is 11.9 Å². The Morgan fingerprint density at radius 3 is 2.92 bits per heavy atom. The second kappa shape index (κ2) is 6.48. The third kappa shape index (κ3) is 3.03. The molecule has 0 bridgehead atoms. The Hall–Kier alpha value is -3.00. The molecule has 4 heterocycles. The fraction of sp³-hybridized carbons (Fsp3) is 0.294. The molecule has 1 amide bonds. The Labute approximate surface area is 144 Å². The van der Waals surface area contributed by atoms with Crippen LogP contribution in [0, 0.1) is 6.92 Å². The molecule has 1 aliphatic rings. The predicted octanol–water partition coefficient (Wildman–Crippen LogP) is 1.51. The number of ether oxygens (including phenoxy) is 1. The number of hydrogen-bond acceptors (Lipinski definition) is 5. The number of nitrogens with zero attached hydrogens (tertiary/aromatic N) is 5. The van der Waals surface area contributed by atoms with Crippen molar-refractivity contribution in [2.75, 3.05) is 19.8 Å². The highest BCUT2D eigenvalue weighted by atomic mass is 16.5. The van der Waals surface area contributed by atoms with Crippen LogP contribution in [-0.4, -0.2) is 55.3 Å². The number of aromatic nitrogens is 5. The van der Waals surface area contributed by atoms with Gasteiger partial charge < -0.3 is 14.6 Å². The Kier molecular flexibility index (Phi) is 4.02. The fourth-order valence-electron chi connectivity index (χ4n) is 2.89. The number of pyridine rings is 1. The molecule has 128 valence electrons. The maximum atomic E-state index is 13.0. The topological polar surface area (TPSA) is 88.9 Å². The summed E-state index contributed by atoms with van der Waals surface area (Å²) in [5.41, 5.74) is 1.49. The molecule has 0 aliphatic carbocycles. The lowest BCUT2D eigenvalue weighted by Crippen LogP contribution is -2.43. The molecule has 1 atom stereocenters. The molecule has 3 aromatic heterocycles. The summed E-state index contributed by atoms with van der Waals surface area (Å²) in [6, 6.07) is 5.16. The summed E-state index contributed by atoms with van der Waals surface area (Å²) in [5, 5.41) is 4.13. The zero-order valence-corrected chi connectivity index (χ0v) is 13.8. The molecule has 1 fully saturated rings. The van der Waals surface area contributed by atoms with Crippen molar-refractivity contribution in [2.24, 2.45) is 0 Å². The lowest BCUT2D eigenvalue weighted by atomic mass is 10.1. The lowest BCUT2D eigenvalue weighted by molar-refractivity contribution is -0.00503. The number of aromatic amines is 1. The first kappa shape index (κ1) is 15.5. The number of morpholine rings is 1. The SMILES string of the molecule is Cc1cnc([C@@H]2COCCN2C(=O)c2ccc(-n3cccn3)nc2)[nH]1. The molecule has 8 nitrogen and oxygen atoms in total. The largest absolute Gasteiger partial charge is 0.377 e. The van der Waals surface area contributed by atoms with Gasteiger partial charge in [0, 0.05) is 37.0 Å². The van der Waals surface area contributed by atoms with Crippen molar-refractivity contribution in [1.29, 1.82) is 0 Å². The van der Waals surface area contributed by atoms with Crippen molar-refractivity contribution in [3.05, 3.63) is 60.1 Å². The minimum atomic E-state index is -0.222. The second-order valence-corrected chi connectivity index (χ2v) is 5.90. The highest BCUT2D eigenvalue weighted by Gasteiger charge is 2.31. The Morgan fingerprint density at radius 1 is 1.32 bits per heavy atom. The van der Waals surface area contributed by atoms with Crippen LogP contribution >= 0.6 is 0 Å². The number of amides is 1. The van der Waals surface area contributed by atoms with E-state index in [0.717, 1.165) is 11.5 Å².